The molecule has 1 N–H and O–H groups in total. The summed E-state index contributed by atoms with van der Waals surface area (Å²) in [6, 6.07) is 7.01. The van der Waals surface area contributed by atoms with E-state index in [1.54, 1.807) is 0 Å². The van der Waals surface area contributed by atoms with Crippen LogP contribution in [0, 0.1) is 6.92 Å². The topological polar surface area (TPSA) is 12.0 Å². The number of allylic oxidation sites excluding steroid dienone is 1. The molecule has 1 aromatic rings. The maximum Gasteiger partial charge on any atom is 0.0323 e. The molecule has 0 amide bonds. The second kappa shape index (κ2) is 10.2. The third-order valence-electron chi connectivity index (χ3n) is 3.73. The molecule has 0 aliphatic rings. The van der Waals surface area contributed by atoms with Crippen molar-refractivity contribution in [2.45, 2.75) is 58.4 Å². The van der Waals surface area contributed by atoms with Crippen molar-refractivity contribution in [2.75, 3.05) is 6.54 Å². The highest BCUT2D eigenvalue weighted by Gasteiger charge is 2.13. The zero-order valence-corrected chi connectivity index (χ0v) is 14.5. The van der Waals surface area contributed by atoms with Gasteiger partial charge in [0.15, 0.2) is 0 Å². The van der Waals surface area contributed by atoms with Crippen molar-refractivity contribution in [1.82, 2.24) is 5.32 Å². The predicted molar refractivity (Wildman–Crippen MR) is 93.2 cm³/mol. The van der Waals surface area contributed by atoms with Crippen LogP contribution < -0.4 is 5.32 Å². The van der Waals surface area contributed by atoms with Crippen LogP contribution in [0.5, 0.6) is 0 Å². The maximum atomic E-state index is 3.79. The summed E-state index contributed by atoms with van der Waals surface area (Å²) in [6.45, 7) is 9.30. The lowest BCUT2D eigenvalue weighted by atomic mass is 9.96. The van der Waals surface area contributed by atoms with Crippen LogP contribution in [-0.4, -0.2) is 6.54 Å². The molecule has 0 bridgehead atoms. The van der Waals surface area contributed by atoms with E-state index in [9.17, 15) is 0 Å². The number of unbranched alkanes of at least 4 members (excludes halogenated alkanes) is 3. The fourth-order valence-electron chi connectivity index (χ4n) is 2.50. The van der Waals surface area contributed by atoms with E-state index in [-0.39, 0.29) is 0 Å². The molecule has 0 aliphatic heterocycles. The SMILES string of the molecule is C=CCCCCCC(NCCC)c1cccc(Br)c1C. The van der Waals surface area contributed by atoms with Gasteiger partial charge in [-0.05, 0) is 56.3 Å². The summed E-state index contributed by atoms with van der Waals surface area (Å²) >= 11 is 3.65. The predicted octanol–water partition coefficient (Wildman–Crippen LogP) is 5.93. The zero-order chi connectivity index (χ0) is 14.8. The first-order valence-corrected chi connectivity index (χ1v) is 8.59. The van der Waals surface area contributed by atoms with E-state index in [4.69, 9.17) is 0 Å². The van der Waals surface area contributed by atoms with E-state index in [2.05, 4.69) is 59.9 Å². The van der Waals surface area contributed by atoms with Gasteiger partial charge in [-0.2, -0.15) is 0 Å². The molecule has 0 fully saturated rings. The van der Waals surface area contributed by atoms with Crippen LogP contribution in [0.2, 0.25) is 0 Å². The standard InChI is InChI=1S/C18H28BrN/c1-4-6-7-8-9-13-18(20-14-5-2)16-11-10-12-17(19)15(16)3/h4,10-12,18,20H,1,5-9,13-14H2,2-3H3. The molecule has 112 valence electrons. The van der Waals surface area contributed by atoms with Gasteiger partial charge in [0.25, 0.3) is 0 Å². The lowest BCUT2D eigenvalue weighted by molar-refractivity contribution is 0.470. The summed E-state index contributed by atoms with van der Waals surface area (Å²) < 4.78 is 1.21. The van der Waals surface area contributed by atoms with Crippen molar-refractivity contribution in [3.63, 3.8) is 0 Å². The normalized spacial score (nSPS) is 12.3. The summed E-state index contributed by atoms with van der Waals surface area (Å²) in [7, 11) is 0. The van der Waals surface area contributed by atoms with Crippen molar-refractivity contribution in [3.8, 4) is 0 Å². The van der Waals surface area contributed by atoms with E-state index in [1.165, 1.54) is 47.7 Å². The fourth-order valence-corrected chi connectivity index (χ4v) is 2.88. The maximum absolute atomic E-state index is 3.79. The number of hydrogen-bond acceptors (Lipinski definition) is 1. The van der Waals surface area contributed by atoms with Gasteiger partial charge < -0.3 is 5.32 Å². The average Bonchev–Trinajstić information content (AvgIpc) is 2.45. The minimum Gasteiger partial charge on any atom is -0.310 e. The van der Waals surface area contributed by atoms with Crippen molar-refractivity contribution < 1.29 is 0 Å². The Bertz CT molecular complexity index is 400. The lowest BCUT2D eigenvalue weighted by Gasteiger charge is -2.21. The van der Waals surface area contributed by atoms with Crippen molar-refractivity contribution in [3.05, 3.63) is 46.5 Å². The largest absolute Gasteiger partial charge is 0.310 e. The Labute approximate surface area is 133 Å². The van der Waals surface area contributed by atoms with Gasteiger partial charge in [-0.25, -0.2) is 0 Å². The van der Waals surface area contributed by atoms with Crippen molar-refractivity contribution in [2.24, 2.45) is 0 Å². The number of hydrogen-bond donors (Lipinski definition) is 1. The van der Waals surface area contributed by atoms with E-state index < -0.39 is 0 Å². The van der Waals surface area contributed by atoms with Gasteiger partial charge in [-0.3, -0.25) is 0 Å². The Balaban J connectivity index is 2.63. The Morgan fingerprint density at radius 3 is 2.80 bits per heavy atom. The Hall–Kier alpha value is -0.600. The van der Waals surface area contributed by atoms with Gasteiger partial charge in [0, 0.05) is 10.5 Å². The van der Waals surface area contributed by atoms with E-state index in [1.807, 2.05) is 6.08 Å². The molecule has 0 radical (unpaired) electrons. The van der Waals surface area contributed by atoms with Gasteiger partial charge >= 0.3 is 0 Å². The van der Waals surface area contributed by atoms with Crippen LogP contribution in [0.15, 0.2) is 35.3 Å². The highest BCUT2D eigenvalue weighted by atomic mass is 79.9. The molecule has 20 heavy (non-hydrogen) atoms. The molecule has 2 heteroatoms. The summed E-state index contributed by atoms with van der Waals surface area (Å²) in [4.78, 5) is 0. The molecule has 0 aromatic heterocycles. The summed E-state index contributed by atoms with van der Waals surface area (Å²) in [6.07, 6.45) is 9.40. The zero-order valence-electron chi connectivity index (χ0n) is 12.9. The first-order valence-electron chi connectivity index (χ1n) is 7.80. The fraction of sp³-hybridized carbons (Fsp3) is 0.556. The second-order valence-corrected chi connectivity index (χ2v) is 6.24. The van der Waals surface area contributed by atoms with Crippen LogP contribution in [0.25, 0.3) is 0 Å². The molecule has 0 heterocycles. The molecule has 1 aromatic carbocycles. The Morgan fingerprint density at radius 1 is 1.30 bits per heavy atom. The van der Waals surface area contributed by atoms with Crippen molar-refractivity contribution >= 4 is 15.9 Å². The minimum absolute atomic E-state index is 0.483. The Morgan fingerprint density at radius 2 is 2.10 bits per heavy atom. The molecule has 1 atom stereocenters. The summed E-state index contributed by atoms with van der Waals surface area (Å²) in [5, 5.41) is 3.70. The monoisotopic (exact) mass is 337 g/mol. The summed E-state index contributed by atoms with van der Waals surface area (Å²) in [5.41, 5.74) is 2.81. The molecule has 0 spiro atoms. The molecular weight excluding hydrogens is 310 g/mol. The van der Waals surface area contributed by atoms with E-state index in [0.717, 1.165) is 13.0 Å². The highest BCUT2D eigenvalue weighted by Crippen LogP contribution is 2.28. The van der Waals surface area contributed by atoms with Gasteiger partial charge in [-0.15, -0.1) is 6.58 Å². The molecule has 0 saturated carbocycles. The number of rotatable bonds is 10. The van der Waals surface area contributed by atoms with Crippen LogP contribution >= 0.6 is 15.9 Å². The average molecular weight is 338 g/mol. The molecule has 0 aliphatic carbocycles. The molecular formula is C18H28BrN. The lowest BCUT2D eigenvalue weighted by Crippen LogP contribution is -2.23. The quantitative estimate of drug-likeness (QED) is 0.411. The van der Waals surface area contributed by atoms with Crippen LogP contribution in [0.1, 0.15) is 62.6 Å². The first-order chi connectivity index (χ1) is 9.70. The third kappa shape index (κ3) is 5.80. The molecule has 1 rings (SSSR count). The van der Waals surface area contributed by atoms with E-state index in [0.29, 0.717) is 6.04 Å². The van der Waals surface area contributed by atoms with Crippen LogP contribution in [-0.2, 0) is 0 Å². The second-order valence-electron chi connectivity index (χ2n) is 5.39. The molecule has 1 nitrogen and oxygen atoms in total. The third-order valence-corrected chi connectivity index (χ3v) is 4.59. The van der Waals surface area contributed by atoms with Gasteiger partial charge in [-0.1, -0.05) is 53.9 Å². The molecule has 0 saturated heterocycles. The Kier molecular flexibility index (Phi) is 8.88. The van der Waals surface area contributed by atoms with Gasteiger partial charge in [0.05, 0.1) is 0 Å². The highest BCUT2D eigenvalue weighted by molar-refractivity contribution is 9.10. The molecule has 1 unspecified atom stereocenters. The number of nitrogens with one attached hydrogen (secondary N) is 1. The minimum atomic E-state index is 0.483. The van der Waals surface area contributed by atoms with Crippen LogP contribution in [0.4, 0.5) is 0 Å². The number of benzene rings is 1. The van der Waals surface area contributed by atoms with Gasteiger partial charge in [0.2, 0.25) is 0 Å². The first kappa shape index (κ1) is 17.5. The van der Waals surface area contributed by atoms with Crippen molar-refractivity contribution in [1.29, 1.82) is 0 Å². The number of halogens is 1. The smallest absolute Gasteiger partial charge is 0.0323 e. The van der Waals surface area contributed by atoms with E-state index >= 15 is 0 Å². The van der Waals surface area contributed by atoms with Crippen LogP contribution in [0.3, 0.4) is 0 Å². The summed E-state index contributed by atoms with van der Waals surface area (Å²) in [5.74, 6) is 0. The van der Waals surface area contributed by atoms with Gasteiger partial charge in [0.1, 0.15) is 0 Å².